The number of hydrogen-bond donors (Lipinski definition) is 1. The molecule has 0 bridgehead atoms. The molecule has 0 fully saturated rings. The first-order valence-electron chi connectivity index (χ1n) is 10.7. The molecule has 5 aromatic rings. The zero-order valence-corrected chi connectivity index (χ0v) is 21.8. The Labute approximate surface area is 218 Å². The van der Waals surface area contributed by atoms with Gasteiger partial charge in [0.25, 0.3) is 5.91 Å². The van der Waals surface area contributed by atoms with Crippen LogP contribution in [0.2, 0.25) is 10.0 Å². The maximum Gasteiger partial charge on any atom is 0.262 e. The highest BCUT2D eigenvalue weighted by Gasteiger charge is 2.20. The molecule has 0 atom stereocenters. The molecule has 0 aliphatic rings. The van der Waals surface area contributed by atoms with Crippen LogP contribution in [0.5, 0.6) is 0 Å². The van der Waals surface area contributed by atoms with Gasteiger partial charge in [-0.25, -0.2) is 9.50 Å². The molecule has 1 N–H and O–H groups in total. The van der Waals surface area contributed by atoms with Gasteiger partial charge in [-0.05, 0) is 53.5 Å². The zero-order chi connectivity index (χ0) is 24.7. The molecule has 4 aromatic heterocycles. The summed E-state index contributed by atoms with van der Waals surface area (Å²) in [6.45, 7) is 5.18. The van der Waals surface area contributed by atoms with E-state index >= 15 is 0 Å². The number of benzene rings is 1. The van der Waals surface area contributed by atoms with Crippen molar-refractivity contribution in [3.05, 3.63) is 80.4 Å². The first kappa shape index (κ1) is 23.5. The van der Waals surface area contributed by atoms with Crippen LogP contribution in [0.1, 0.15) is 28.5 Å². The van der Waals surface area contributed by atoms with Crippen molar-refractivity contribution in [1.29, 1.82) is 0 Å². The SMILES string of the molecule is CCn1cc(-c2ccnc3c(C(=O)Nc4nn(Cc5ccc(Cl)c(Cl)c5)cc4Br)cnn23)c(C)n1. The van der Waals surface area contributed by atoms with Gasteiger partial charge in [0.1, 0.15) is 5.56 Å². The number of aryl methyl sites for hydroxylation is 2. The molecule has 178 valence electrons. The predicted molar refractivity (Wildman–Crippen MR) is 138 cm³/mol. The highest BCUT2D eigenvalue weighted by molar-refractivity contribution is 9.10. The van der Waals surface area contributed by atoms with Gasteiger partial charge in [-0.15, -0.1) is 0 Å². The van der Waals surface area contributed by atoms with Crippen molar-refractivity contribution in [3.8, 4) is 11.3 Å². The zero-order valence-electron chi connectivity index (χ0n) is 18.7. The monoisotopic (exact) mass is 572 g/mol. The third kappa shape index (κ3) is 4.56. The van der Waals surface area contributed by atoms with Gasteiger partial charge >= 0.3 is 0 Å². The van der Waals surface area contributed by atoms with E-state index in [1.54, 1.807) is 33.7 Å². The van der Waals surface area contributed by atoms with Crippen molar-refractivity contribution in [2.45, 2.75) is 26.9 Å². The molecule has 0 spiro atoms. The molecule has 0 radical (unpaired) electrons. The topological polar surface area (TPSA) is 94.9 Å². The molecular formula is C23H19BrCl2N8O. The number of rotatable bonds is 6. The standard InChI is InChI=1S/C23H19BrCl2N8O/c1-3-32-11-16(13(2)30-32)20-6-7-27-22-15(9-28-34(20)22)23(35)29-21-17(24)12-33(31-21)10-14-4-5-18(25)19(26)8-14/h4-9,11-12H,3,10H2,1-2H3,(H,29,31,35). The van der Waals surface area contributed by atoms with Crippen LogP contribution in [-0.2, 0) is 13.1 Å². The van der Waals surface area contributed by atoms with E-state index in [4.69, 9.17) is 23.2 Å². The van der Waals surface area contributed by atoms with Gasteiger partial charge in [0.05, 0.1) is 38.6 Å². The molecule has 1 amide bonds. The number of anilines is 1. The summed E-state index contributed by atoms with van der Waals surface area (Å²) in [7, 11) is 0. The Kier molecular flexibility index (Phi) is 6.35. The molecule has 5 rings (SSSR count). The minimum absolute atomic E-state index is 0.332. The van der Waals surface area contributed by atoms with E-state index in [0.29, 0.717) is 38.1 Å². The van der Waals surface area contributed by atoms with Crippen LogP contribution in [0, 0.1) is 6.92 Å². The number of nitrogens with one attached hydrogen (secondary N) is 1. The van der Waals surface area contributed by atoms with Gasteiger partial charge in [-0.3, -0.25) is 14.2 Å². The lowest BCUT2D eigenvalue weighted by Gasteiger charge is -2.05. The molecule has 9 nitrogen and oxygen atoms in total. The molecule has 0 unspecified atom stereocenters. The van der Waals surface area contributed by atoms with Gasteiger partial charge in [0, 0.05) is 30.7 Å². The van der Waals surface area contributed by atoms with E-state index in [9.17, 15) is 4.79 Å². The highest BCUT2D eigenvalue weighted by atomic mass is 79.9. The summed E-state index contributed by atoms with van der Waals surface area (Å²) in [5.74, 6) is 0.0109. The lowest BCUT2D eigenvalue weighted by molar-refractivity contribution is 0.102. The van der Waals surface area contributed by atoms with Crippen molar-refractivity contribution in [1.82, 2.24) is 34.2 Å². The third-order valence-electron chi connectivity index (χ3n) is 5.47. The van der Waals surface area contributed by atoms with Gasteiger partial charge in [-0.1, -0.05) is 29.3 Å². The number of amides is 1. The van der Waals surface area contributed by atoms with E-state index in [-0.39, 0.29) is 5.91 Å². The quantitative estimate of drug-likeness (QED) is 0.290. The van der Waals surface area contributed by atoms with Crippen molar-refractivity contribution >= 4 is 56.5 Å². The number of fused-ring (bicyclic) bond motifs is 1. The van der Waals surface area contributed by atoms with Crippen molar-refractivity contribution < 1.29 is 4.79 Å². The normalized spacial score (nSPS) is 11.3. The second-order valence-corrected chi connectivity index (χ2v) is 9.50. The lowest BCUT2D eigenvalue weighted by Crippen LogP contribution is -2.13. The largest absolute Gasteiger partial charge is 0.304 e. The Hall–Kier alpha value is -3.21. The molecule has 35 heavy (non-hydrogen) atoms. The molecule has 1 aromatic carbocycles. The van der Waals surface area contributed by atoms with Crippen LogP contribution in [-0.4, -0.2) is 40.1 Å². The molecule has 0 saturated heterocycles. The number of aromatic nitrogens is 7. The van der Waals surface area contributed by atoms with E-state index in [1.165, 1.54) is 6.20 Å². The average Bonchev–Trinajstić information content (AvgIpc) is 3.53. The summed E-state index contributed by atoms with van der Waals surface area (Å²) < 4.78 is 5.84. The summed E-state index contributed by atoms with van der Waals surface area (Å²) in [4.78, 5) is 17.5. The number of carbonyl (C=O) groups excluding carboxylic acids is 1. The highest BCUT2D eigenvalue weighted by Crippen LogP contribution is 2.27. The van der Waals surface area contributed by atoms with Crippen LogP contribution >= 0.6 is 39.1 Å². The Morgan fingerprint density at radius 2 is 1.94 bits per heavy atom. The fourth-order valence-corrected chi connectivity index (χ4v) is 4.49. The van der Waals surface area contributed by atoms with Crippen molar-refractivity contribution in [2.75, 3.05) is 5.32 Å². The fourth-order valence-electron chi connectivity index (χ4n) is 3.75. The average molecular weight is 574 g/mol. The van der Waals surface area contributed by atoms with E-state index in [1.807, 2.05) is 36.9 Å². The van der Waals surface area contributed by atoms with Crippen LogP contribution in [0.25, 0.3) is 16.9 Å². The Bertz CT molecular complexity index is 1570. The van der Waals surface area contributed by atoms with Crippen LogP contribution < -0.4 is 5.32 Å². The number of carbonyl (C=O) groups is 1. The minimum Gasteiger partial charge on any atom is -0.304 e. The Morgan fingerprint density at radius 3 is 2.69 bits per heavy atom. The molecule has 0 saturated carbocycles. The number of hydrogen-bond acceptors (Lipinski definition) is 5. The fraction of sp³-hybridized carbons (Fsp3) is 0.174. The van der Waals surface area contributed by atoms with E-state index in [0.717, 1.165) is 29.1 Å². The maximum absolute atomic E-state index is 13.1. The molecule has 4 heterocycles. The second-order valence-electron chi connectivity index (χ2n) is 7.83. The van der Waals surface area contributed by atoms with Gasteiger partial charge in [0.2, 0.25) is 0 Å². The number of nitrogens with zero attached hydrogens (tertiary/aromatic N) is 7. The van der Waals surface area contributed by atoms with Crippen molar-refractivity contribution in [2.24, 2.45) is 0 Å². The predicted octanol–water partition coefficient (Wildman–Crippen LogP) is 5.49. The second kappa shape index (κ2) is 9.44. The summed E-state index contributed by atoms with van der Waals surface area (Å²) in [5, 5.41) is 17.2. The molecular weight excluding hydrogens is 555 g/mol. The van der Waals surface area contributed by atoms with E-state index < -0.39 is 0 Å². The van der Waals surface area contributed by atoms with Crippen molar-refractivity contribution in [3.63, 3.8) is 0 Å². The van der Waals surface area contributed by atoms with Crippen LogP contribution in [0.15, 0.2) is 53.5 Å². The molecule has 12 heteroatoms. The van der Waals surface area contributed by atoms with Crippen LogP contribution in [0.3, 0.4) is 0 Å². The van der Waals surface area contributed by atoms with Gasteiger partial charge in [-0.2, -0.15) is 15.3 Å². The lowest BCUT2D eigenvalue weighted by atomic mass is 10.2. The summed E-state index contributed by atoms with van der Waals surface area (Å²) in [6.07, 6.45) is 6.90. The molecule has 0 aliphatic carbocycles. The smallest absolute Gasteiger partial charge is 0.262 e. The summed E-state index contributed by atoms with van der Waals surface area (Å²) in [5.41, 5.74) is 4.30. The van der Waals surface area contributed by atoms with Gasteiger partial charge < -0.3 is 5.32 Å². The summed E-state index contributed by atoms with van der Waals surface area (Å²) >= 11 is 15.6. The summed E-state index contributed by atoms with van der Waals surface area (Å²) in [6, 6.07) is 7.25. The number of halogens is 3. The Balaban J connectivity index is 1.40. The first-order chi connectivity index (χ1) is 16.8. The first-order valence-corrected chi connectivity index (χ1v) is 12.2. The minimum atomic E-state index is -0.369. The maximum atomic E-state index is 13.1. The van der Waals surface area contributed by atoms with E-state index in [2.05, 4.69) is 41.5 Å². The molecule has 0 aliphatic heterocycles. The third-order valence-corrected chi connectivity index (χ3v) is 6.79. The van der Waals surface area contributed by atoms with Gasteiger partial charge in [0.15, 0.2) is 11.5 Å². The Morgan fingerprint density at radius 1 is 1.11 bits per heavy atom. The van der Waals surface area contributed by atoms with Crippen LogP contribution in [0.4, 0.5) is 5.82 Å².